The fourth-order valence-corrected chi connectivity index (χ4v) is 5.11. The summed E-state index contributed by atoms with van der Waals surface area (Å²) in [4.78, 5) is 4.88. The molecule has 30 heavy (non-hydrogen) atoms. The van der Waals surface area contributed by atoms with Crippen molar-refractivity contribution < 1.29 is 0 Å². The molecule has 0 aliphatic carbocycles. The van der Waals surface area contributed by atoms with E-state index in [0.717, 1.165) is 13.1 Å². The van der Waals surface area contributed by atoms with E-state index >= 15 is 0 Å². The van der Waals surface area contributed by atoms with Crippen LogP contribution in [-0.2, 0) is 0 Å². The molecule has 0 N–H and O–H groups in total. The third-order valence-corrected chi connectivity index (χ3v) is 6.83. The Morgan fingerprint density at radius 2 is 0.867 bits per heavy atom. The second-order valence-electron chi connectivity index (χ2n) is 9.89. The highest BCUT2D eigenvalue weighted by Gasteiger charge is 2.40. The van der Waals surface area contributed by atoms with Gasteiger partial charge in [0.2, 0.25) is 0 Å². The van der Waals surface area contributed by atoms with Gasteiger partial charge < -0.3 is 9.62 Å². The monoisotopic (exact) mass is 424 g/mol. The maximum absolute atomic E-state index is 7.27. The van der Waals surface area contributed by atoms with Crippen LogP contribution in [0.25, 0.3) is 0 Å². The molecule has 1 saturated heterocycles. The zero-order chi connectivity index (χ0) is 22.2. The van der Waals surface area contributed by atoms with Crippen LogP contribution in [0.15, 0.2) is 36.4 Å². The highest BCUT2D eigenvalue weighted by Crippen LogP contribution is 2.42. The Bertz CT molecular complexity index is 751. The predicted molar refractivity (Wildman–Crippen MR) is 136 cm³/mol. The molecular weight excluding hydrogens is 387 g/mol. The van der Waals surface area contributed by atoms with Gasteiger partial charge in [0.25, 0.3) is 0 Å². The third kappa shape index (κ3) is 4.24. The summed E-state index contributed by atoms with van der Waals surface area (Å²) in [5.74, 6) is 1.85. The van der Waals surface area contributed by atoms with Crippen LogP contribution in [0.3, 0.4) is 0 Å². The maximum Gasteiger partial charge on any atom is 0.485 e. The summed E-state index contributed by atoms with van der Waals surface area (Å²) in [5, 5.41) is 0. The molecule has 1 heterocycles. The molecule has 0 spiro atoms. The number of benzene rings is 2. The van der Waals surface area contributed by atoms with E-state index in [2.05, 4.69) is 101 Å². The van der Waals surface area contributed by atoms with E-state index in [1.807, 2.05) is 0 Å². The molecule has 2 aromatic carbocycles. The first-order valence-electron chi connectivity index (χ1n) is 11.6. The Hall–Kier alpha value is -1.61. The largest absolute Gasteiger partial charge is 0.485 e. The fraction of sp³-hybridized carbons (Fsp3) is 0.538. The molecule has 0 aromatic heterocycles. The van der Waals surface area contributed by atoms with Gasteiger partial charge in [0, 0.05) is 24.5 Å². The second kappa shape index (κ2) is 9.26. The van der Waals surface area contributed by atoms with E-state index in [0.29, 0.717) is 23.7 Å². The van der Waals surface area contributed by atoms with Crippen LogP contribution in [0, 0.1) is 0 Å². The summed E-state index contributed by atoms with van der Waals surface area (Å²) in [5.41, 5.74) is 8.28. The Kier molecular flexibility index (Phi) is 7.12. The third-order valence-electron chi connectivity index (χ3n) is 6.36. The van der Waals surface area contributed by atoms with Gasteiger partial charge in [0.1, 0.15) is 0 Å². The van der Waals surface area contributed by atoms with Crippen molar-refractivity contribution in [3.05, 3.63) is 58.7 Å². The van der Waals surface area contributed by atoms with Crippen molar-refractivity contribution in [2.24, 2.45) is 0 Å². The van der Waals surface area contributed by atoms with Gasteiger partial charge in [0.15, 0.2) is 0 Å². The number of anilines is 2. The molecule has 2 aromatic rings. The molecule has 0 atom stereocenters. The molecule has 4 heteroatoms. The highest BCUT2D eigenvalue weighted by molar-refractivity contribution is 7.11. The first-order valence-corrected chi connectivity index (χ1v) is 12.0. The minimum atomic E-state index is -0.181. The Morgan fingerprint density at radius 1 is 0.600 bits per heavy atom. The number of hydrogen-bond acceptors (Lipinski definition) is 2. The van der Waals surface area contributed by atoms with Crippen LogP contribution < -0.4 is 9.62 Å². The Labute approximate surface area is 189 Å². The normalized spacial score (nSPS) is 14.9. The summed E-state index contributed by atoms with van der Waals surface area (Å²) >= 11 is 7.27. The fourth-order valence-electron chi connectivity index (χ4n) is 4.72. The van der Waals surface area contributed by atoms with Crippen LogP contribution in [0.5, 0.6) is 0 Å². The van der Waals surface area contributed by atoms with Gasteiger partial charge in [-0.05, 0) is 45.9 Å². The van der Waals surface area contributed by atoms with E-state index in [-0.39, 0.29) is 6.40 Å². The Balaban J connectivity index is 2.11. The molecule has 1 aliphatic rings. The highest BCUT2D eigenvalue weighted by atomic mass is 35.5. The zero-order valence-corrected chi connectivity index (χ0v) is 20.8. The molecule has 3 rings (SSSR count). The van der Waals surface area contributed by atoms with Gasteiger partial charge in [0.05, 0.1) is 0 Å². The van der Waals surface area contributed by atoms with E-state index < -0.39 is 0 Å². The lowest BCUT2D eigenvalue weighted by Gasteiger charge is -2.32. The van der Waals surface area contributed by atoms with Crippen molar-refractivity contribution in [3.8, 4) is 0 Å². The number of para-hydroxylation sites is 2. The van der Waals surface area contributed by atoms with Crippen molar-refractivity contribution in [1.82, 2.24) is 0 Å². The molecule has 0 amide bonds. The average molecular weight is 425 g/mol. The van der Waals surface area contributed by atoms with Crippen LogP contribution in [0.1, 0.15) is 101 Å². The van der Waals surface area contributed by atoms with Crippen molar-refractivity contribution in [2.75, 3.05) is 22.7 Å². The lowest BCUT2D eigenvalue weighted by Crippen LogP contribution is -2.41. The number of hydrogen-bond donors (Lipinski definition) is 0. The molecule has 1 fully saturated rings. The summed E-state index contributed by atoms with van der Waals surface area (Å²) in [7, 11) is 0. The van der Waals surface area contributed by atoms with Crippen molar-refractivity contribution in [3.63, 3.8) is 0 Å². The smallest absolute Gasteiger partial charge is 0.380 e. The van der Waals surface area contributed by atoms with E-state index in [4.69, 9.17) is 11.5 Å². The summed E-state index contributed by atoms with van der Waals surface area (Å²) in [6.45, 7) is 20.2. The number of nitrogens with zero attached hydrogens (tertiary/aromatic N) is 2. The maximum atomic E-state index is 7.27. The van der Waals surface area contributed by atoms with Crippen LogP contribution in [-0.4, -0.2) is 19.5 Å². The van der Waals surface area contributed by atoms with Crippen LogP contribution in [0.2, 0.25) is 0 Å². The standard InChI is InChI=1S/C26H38BClN2/c1-17(2)21-11-9-12-22(18(3)4)25(21)29-15-16-30(27(29)28)26-23(19(5)6)13-10-14-24(26)20(7)8/h9-14,17-20H,15-16H2,1-8H3. The minimum Gasteiger partial charge on any atom is -0.380 e. The summed E-state index contributed by atoms with van der Waals surface area (Å²) < 4.78 is 0. The molecule has 0 saturated carbocycles. The molecule has 1 aliphatic heterocycles. The number of rotatable bonds is 6. The van der Waals surface area contributed by atoms with Gasteiger partial charge >= 0.3 is 6.40 Å². The van der Waals surface area contributed by atoms with Crippen molar-refractivity contribution in [1.29, 1.82) is 0 Å². The molecule has 0 unspecified atom stereocenters. The molecule has 2 nitrogen and oxygen atoms in total. The lowest BCUT2D eigenvalue weighted by atomic mass is 9.87. The predicted octanol–water partition coefficient (Wildman–Crippen LogP) is 7.73. The van der Waals surface area contributed by atoms with Gasteiger partial charge in [-0.15, -0.1) is 11.5 Å². The van der Waals surface area contributed by atoms with E-state index in [9.17, 15) is 0 Å². The minimum absolute atomic E-state index is 0.181. The summed E-state index contributed by atoms with van der Waals surface area (Å²) in [6, 6.07) is 13.5. The molecule has 0 bridgehead atoms. The first kappa shape index (κ1) is 23.1. The van der Waals surface area contributed by atoms with Crippen molar-refractivity contribution in [2.45, 2.75) is 79.1 Å². The van der Waals surface area contributed by atoms with E-state index in [1.165, 1.54) is 33.6 Å². The lowest BCUT2D eigenvalue weighted by molar-refractivity contribution is 0.821. The topological polar surface area (TPSA) is 6.48 Å². The second-order valence-corrected chi connectivity index (χ2v) is 10.3. The van der Waals surface area contributed by atoms with E-state index in [1.54, 1.807) is 0 Å². The first-order chi connectivity index (χ1) is 14.1. The Morgan fingerprint density at radius 3 is 1.10 bits per heavy atom. The molecule has 162 valence electrons. The average Bonchev–Trinajstić information content (AvgIpc) is 3.07. The summed E-state index contributed by atoms with van der Waals surface area (Å²) in [6.07, 6.45) is -0.181. The SMILES string of the molecule is CC(C)c1cccc(C(C)C)c1N1CCN(c2c(C(C)C)cccc2C(C)C)B1Cl. The van der Waals surface area contributed by atoms with Crippen LogP contribution in [0.4, 0.5) is 11.4 Å². The van der Waals surface area contributed by atoms with Gasteiger partial charge in [-0.25, -0.2) is 0 Å². The van der Waals surface area contributed by atoms with Gasteiger partial charge in [-0.2, -0.15) is 0 Å². The van der Waals surface area contributed by atoms with Crippen molar-refractivity contribution >= 4 is 29.2 Å². The van der Waals surface area contributed by atoms with Gasteiger partial charge in [-0.3, -0.25) is 0 Å². The molecule has 0 radical (unpaired) electrons. The quantitative estimate of drug-likeness (QED) is 0.438. The van der Waals surface area contributed by atoms with Crippen LogP contribution >= 0.6 is 11.5 Å². The molecular formula is C26H38BClN2. The van der Waals surface area contributed by atoms with Gasteiger partial charge in [-0.1, -0.05) is 91.8 Å². The zero-order valence-electron chi connectivity index (χ0n) is 20.0. The number of halogens is 1.